The zero-order valence-electron chi connectivity index (χ0n) is 16.4. The lowest BCUT2D eigenvalue weighted by molar-refractivity contribution is -0.138. The van der Waals surface area contributed by atoms with Gasteiger partial charge in [-0.2, -0.15) is 0 Å². The number of piperazine rings is 1. The molecule has 0 bridgehead atoms. The molecule has 0 N–H and O–H groups in total. The van der Waals surface area contributed by atoms with Crippen LogP contribution in [-0.4, -0.2) is 55.3 Å². The lowest BCUT2D eigenvalue weighted by atomic mass is 9.96. The second-order valence-corrected chi connectivity index (χ2v) is 10.1. The zero-order chi connectivity index (χ0) is 21.3. The number of carbonyl (C=O) groups is 1. The summed E-state index contributed by atoms with van der Waals surface area (Å²) >= 11 is 0. The summed E-state index contributed by atoms with van der Waals surface area (Å²) < 4.78 is 50.6. The number of sulfone groups is 1. The second kappa shape index (κ2) is 8.29. The molecule has 6 nitrogen and oxygen atoms in total. The van der Waals surface area contributed by atoms with Crippen molar-refractivity contribution in [2.24, 2.45) is 5.92 Å². The predicted octanol–water partition coefficient (Wildman–Crippen LogP) is 2.57. The molecule has 1 aromatic heterocycles. The van der Waals surface area contributed by atoms with Gasteiger partial charge < -0.3 is 9.80 Å². The number of aromatic nitrogens is 1. The molecule has 4 rings (SSSR count). The summed E-state index contributed by atoms with van der Waals surface area (Å²) in [6.07, 6.45) is 1.78. The van der Waals surface area contributed by atoms with Gasteiger partial charge in [0.1, 0.15) is 27.3 Å². The Kier molecular flexibility index (Phi) is 5.73. The monoisotopic (exact) mass is 435 g/mol. The molecular formula is C21H23F2N3O3S. The van der Waals surface area contributed by atoms with Crippen LogP contribution in [0.2, 0.25) is 0 Å². The maximum absolute atomic E-state index is 13.9. The minimum absolute atomic E-state index is 0.0213. The van der Waals surface area contributed by atoms with Gasteiger partial charge in [-0.25, -0.2) is 22.2 Å². The van der Waals surface area contributed by atoms with Gasteiger partial charge in [0.2, 0.25) is 5.91 Å². The average molecular weight is 435 g/mol. The van der Waals surface area contributed by atoms with Crippen LogP contribution in [-0.2, 0) is 14.6 Å². The molecule has 160 valence electrons. The molecule has 30 heavy (non-hydrogen) atoms. The highest BCUT2D eigenvalue weighted by molar-refractivity contribution is 7.91. The quantitative estimate of drug-likeness (QED) is 0.741. The van der Waals surface area contributed by atoms with Crippen molar-refractivity contribution in [2.75, 3.05) is 36.0 Å². The lowest BCUT2D eigenvalue weighted by Crippen LogP contribution is -2.53. The number of hydrogen-bond acceptors (Lipinski definition) is 5. The molecule has 1 amide bonds. The summed E-state index contributed by atoms with van der Waals surface area (Å²) in [7, 11) is -3.07. The van der Waals surface area contributed by atoms with Crippen molar-refractivity contribution in [3.8, 4) is 0 Å². The predicted molar refractivity (Wildman–Crippen MR) is 109 cm³/mol. The average Bonchev–Trinajstić information content (AvgIpc) is 2.73. The number of benzene rings is 1. The van der Waals surface area contributed by atoms with Crippen LogP contribution >= 0.6 is 0 Å². The van der Waals surface area contributed by atoms with E-state index in [2.05, 4.69) is 4.98 Å². The molecule has 2 fully saturated rings. The molecular weight excluding hydrogens is 412 g/mol. The van der Waals surface area contributed by atoms with E-state index < -0.39 is 21.7 Å². The molecule has 0 unspecified atom stereocenters. The number of hydrogen-bond donors (Lipinski definition) is 0. The zero-order valence-corrected chi connectivity index (χ0v) is 17.2. The number of halogens is 2. The Labute approximate surface area is 174 Å². The van der Waals surface area contributed by atoms with Crippen LogP contribution in [0.25, 0.3) is 0 Å². The van der Waals surface area contributed by atoms with E-state index in [0.29, 0.717) is 43.9 Å². The van der Waals surface area contributed by atoms with Crippen molar-refractivity contribution in [3.63, 3.8) is 0 Å². The van der Waals surface area contributed by atoms with Gasteiger partial charge in [-0.3, -0.25) is 4.79 Å². The molecule has 0 saturated carbocycles. The first kappa shape index (κ1) is 20.7. The van der Waals surface area contributed by atoms with E-state index in [-0.39, 0.29) is 29.1 Å². The Morgan fingerprint density at radius 2 is 1.80 bits per heavy atom. The molecule has 1 atom stereocenters. The molecule has 0 radical (unpaired) electrons. The van der Waals surface area contributed by atoms with Gasteiger partial charge in [0.25, 0.3) is 0 Å². The number of amides is 1. The van der Waals surface area contributed by atoms with Crippen molar-refractivity contribution in [1.82, 2.24) is 9.88 Å². The van der Waals surface area contributed by atoms with Crippen molar-refractivity contribution in [1.29, 1.82) is 0 Å². The van der Waals surface area contributed by atoms with E-state index in [1.807, 2.05) is 4.90 Å². The van der Waals surface area contributed by atoms with Crippen LogP contribution in [0.3, 0.4) is 0 Å². The highest BCUT2D eigenvalue weighted by Gasteiger charge is 2.37. The maximum atomic E-state index is 13.9. The van der Waals surface area contributed by atoms with Crippen LogP contribution < -0.4 is 4.90 Å². The van der Waals surface area contributed by atoms with Gasteiger partial charge in [-0.1, -0.05) is 12.1 Å². The Hall–Kier alpha value is -2.55. The number of rotatable bonds is 3. The van der Waals surface area contributed by atoms with Gasteiger partial charge in [-0.05, 0) is 42.7 Å². The van der Waals surface area contributed by atoms with Crippen LogP contribution in [0, 0.1) is 17.6 Å². The third-order valence-corrected chi connectivity index (χ3v) is 7.55. The Morgan fingerprint density at radius 1 is 1.03 bits per heavy atom. The molecule has 2 aliphatic heterocycles. The molecule has 2 saturated heterocycles. The van der Waals surface area contributed by atoms with Crippen molar-refractivity contribution >= 4 is 21.6 Å². The van der Waals surface area contributed by atoms with E-state index in [1.165, 1.54) is 18.2 Å². The Balaban J connectivity index is 1.59. The molecule has 9 heteroatoms. The lowest BCUT2D eigenvalue weighted by Gasteiger charge is -2.43. The third-order valence-electron chi connectivity index (χ3n) is 5.84. The van der Waals surface area contributed by atoms with Crippen LogP contribution in [0.15, 0.2) is 42.6 Å². The summed E-state index contributed by atoms with van der Waals surface area (Å²) in [5.41, 5.74) is 0.665. The minimum atomic E-state index is -3.07. The summed E-state index contributed by atoms with van der Waals surface area (Å²) in [6, 6.07) is 8.66. The van der Waals surface area contributed by atoms with E-state index >= 15 is 0 Å². The molecule has 0 aliphatic carbocycles. The summed E-state index contributed by atoms with van der Waals surface area (Å²) in [5.74, 6) is -0.622. The summed E-state index contributed by atoms with van der Waals surface area (Å²) in [6.45, 7) is 1.28. The van der Waals surface area contributed by atoms with Crippen molar-refractivity contribution in [2.45, 2.75) is 18.9 Å². The summed E-state index contributed by atoms with van der Waals surface area (Å²) in [4.78, 5) is 21.1. The van der Waals surface area contributed by atoms with Gasteiger partial charge in [0, 0.05) is 25.6 Å². The first-order chi connectivity index (χ1) is 14.3. The fraction of sp³-hybridized carbons (Fsp3) is 0.429. The van der Waals surface area contributed by atoms with E-state index in [0.717, 1.165) is 6.20 Å². The van der Waals surface area contributed by atoms with Gasteiger partial charge in [0.05, 0.1) is 23.7 Å². The molecule has 2 aliphatic rings. The largest absolute Gasteiger partial charge is 0.352 e. The highest BCUT2D eigenvalue weighted by Crippen LogP contribution is 2.32. The van der Waals surface area contributed by atoms with E-state index in [4.69, 9.17) is 0 Å². The number of carbonyl (C=O) groups excluding carboxylic acids is 1. The molecule has 2 aromatic rings. The highest BCUT2D eigenvalue weighted by atomic mass is 32.2. The first-order valence-electron chi connectivity index (χ1n) is 9.95. The van der Waals surface area contributed by atoms with Crippen molar-refractivity contribution in [3.05, 3.63) is 59.8 Å². The first-order valence-corrected chi connectivity index (χ1v) is 11.8. The molecule has 0 spiro atoms. The minimum Gasteiger partial charge on any atom is -0.352 e. The third kappa shape index (κ3) is 4.45. The fourth-order valence-electron chi connectivity index (χ4n) is 4.18. The number of pyridine rings is 1. The molecule has 3 heterocycles. The van der Waals surface area contributed by atoms with Crippen LogP contribution in [0.4, 0.5) is 14.6 Å². The Bertz CT molecular complexity index is 1020. The van der Waals surface area contributed by atoms with Crippen molar-refractivity contribution < 1.29 is 22.0 Å². The van der Waals surface area contributed by atoms with E-state index in [9.17, 15) is 22.0 Å². The Morgan fingerprint density at radius 3 is 2.47 bits per heavy atom. The van der Waals surface area contributed by atoms with Gasteiger partial charge in [-0.15, -0.1) is 0 Å². The van der Waals surface area contributed by atoms with Crippen LogP contribution in [0.1, 0.15) is 24.4 Å². The number of anilines is 1. The molecule has 1 aromatic carbocycles. The smallest absolute Gasteiger partial charge is 0.226 e. The fourth-order valence-corrected chi connectivity index (χ4v) is 5.67. The summed E-state index contributed by atoms with van der Waals surface area (Å²) in [5, 5.41) is 0. The number of nitrogens with zero attached hydrogens (tertiary/aromatic N) is 3. The van der Waals surface area contributed by atoms with Gasteiger partial charge >= 0.3 is 0 Å². The topological polar surface area (TPSA) is 70.6 Å². The van der Waals surface area contributed by atoms with Crippen LogP contribution in [0.5, 0.6) is 0 Å². The van der Waals surface area contributed by atoms with E-state index in [1.54, 1.807) is 23.1 Å². The maximum Gasteiger partial charge on any atom is 0.226 e. The second-order valence-electron chi connectivity index (χ2n) is 7.81. The van der Waals surface area contributed by atoms with Gasteiger partial charge in [0.15, 0.2) is 0 Å². The normalized spacial score (nSPS) is 22.1. The standard InChI is InChI=1S/C21H23F2N3O3S/c22-17-3-1-2-16(12-17)19-14-25(20-5-4-18(23)13-24-20)8-9-26(19)21(27)15-6-10-30(28,29)11-7-15/h1-5,12-13,15,19H,6-11,14H2/t19-/m1/s1. The SMILES string of the molecule is O=C(C1CCS(=O)(=O)CC1)N1CCN(c2ccc(F)cn2)C[C@@H]1c1cccc(F)c1.